The molecule has 116 valence electrons. The number of halogens is 1. The molecule has 0 bridgehead atoms. The van der Waals surface area contributed by atoms with E-state index in [1.165, 1.54) is 19.1 Å². The van der Waals surface area contributed by atoms with E-state index in [9.17, 15) is 13.2 Å². The maximum absolute atomic E-state index is 12.2. The summed E-state index contributed by atoms with van der Waals surface area (Å²) in [6, 6.07) is 14.3. The minimum atomic E-state index is -3.72. The van der Waals surface area contributed by atoms with Gasteiger partial charge in [-0.15, -0.1) is 0 Å². The molecule has 0 saturated heterocycles. The summed E-state index contributed by atoms with van der Waals surface area (Å²) in [5, 5.41) is 2.69. The summed E-state index contributed by atoms with van der Waals surface area (Å²) in [6.45, 7) is 1.50. The van der Waals surface area contributed by atoms with Crippen LogP contribution in [-0.4, -0.2) is 20.4 Å². The van der Waals surface area contributed by atoms with Gasteiger partial charge in [-0.2, -0.15) is 4.72 Å². The van der Waals surface area contributed by atoms with Crippen LogP contribution in [0.15, 0.2) is 59.5 Å². The Hall–Kier alpha value is -1.45. The van der Waals surface area contributed by atoms with Crippen molar-refractivity contribution in [1.82, 2.24) is 4.72 Å². The molecule has 0 aliphatic heterocycles. The molecule has 0 spiro atoms. The molecular weight excluding hydrogens is 415 g/mol. The second-order valence-corrected chi connectivity index (χ2v) is 7.62. The lowest BCUT2D eigenvalue weighted by molar-refractivity contribution is -0.117. The molecule has 0 fully saturated rings. The van der Waals surface area contributed by atoms with E-state index in [2.05, 4.69) is 32.6 Å². The third kappa shape index (κ3) is 4.52. The summed E-state index contributed by atoms with van der Waals surface area (Å²) in [4.78, 5) is 12.2. The van der Waals surface area contributed by atoms with Crippen molar-refractivity contribution in [3.05, 3.63) is 58.2 Å². The zero-order chi connectivity index (χ0) is 16.2. The predicted octanol–water partition coefficient (Wildman–Crippen LogP) is 2.60. The molecule has 1 unspecified atom stereocenters. The van der Waals surface area contributed by atoms with E-state index in [1.54, 1.807) is 30.3 Å². The van der Waals surface area contributed by atoms with E-state index in [0.29, 0.717) is 5.69 Å². The minimum Gasteiger partial charge on any atom is -0.325 e. The number of carbonyl (C=O) groups excluding carboxylic acids is 1. The zero-order valence-corrected chi connectivity index (χ0v) is 14.8. The zero-order valence-electron chi connectivity index (χ0n) is 11.8. The SMILES string of the molecule is CC(NS(=O)(=O)c1ccccc1)C(=O)Nc1cccc(I)c1. The summed E-state index contributed by atoms with van der Waals surface area (Å²) in [5.41, 5.74) is 0.627. The second-order valence-electron chi connectivity index (χ2n) is 4.66. The molecule has 2 aromatic rings. The van der Waals surface area contributed by atoms with Crippen LogP contribution in [0.25, 0.3) is 0 Å². The van der Waals surface area contributed by atoms with Gasteiger partial charge in [-0.25, -0.2) is 8.42 Å². The van der Waals surface area contributed by atoms with E-state index in [4.69, 9.17) is 0 Å². The van der Waals surface area contributed by atoms with Crippen molar-refractivity contribution in [1.29, 1.82) is 0 Å². The molecule has 0 aromatic heterocycles. The fourth-order valence-corrected chi connectivity index (χ4v) is 3.54. The maximum Gasteiger partial charge on any atom is 0.242 e. The van der Waals surface area contributed by atoms with Crippen LogP contribution in [0.4, 0.5) is 5.69 Å². The normalized spacial score (nSPS) is 12.6. The highest BCUT2D eigenvalue weighted by atomic mass is 127. The van der Waals surface area contributed by atoms with Crippen LogP contribution >= 0.6 is 22.6 Å². The first-order chi connectivity index (χ1) is 10.4. The van der Waals surface area contributed by atoms with Gasteiger partial charge in [0.05, 0.1) is 10.9 Å². The Kier molecular flexibility index (Phi) is 5.54. The van der Waals surface area contributed by atoms with E-state index in [1.807, 2.05) is 12.1 Å². The molecule has 2 N–H and O–H groups in total. The number of sulfonamides is 1. The van der Waals surface area contributed by atoms with Crippen molar-refractivity contribution in [3.8, 4) is 0 Å². The Labute approximate surface area is 143 Å². The van der Waals surface area contributed by atoms with Gasteiger partial charge in [0, 0.05) is 9.26 Å². The largest absolute Gasteiger partial charge is 0.325 e. The van der Waals surface area contributed by atoms with Crippen LogP contribution < -0.4 is 10.0 Å². The molecule has 0 heterocycles. The number of rotatable bonds is 5. The summed E-state index contributed by atoms with van der Waals surface area (Å²) in [6.07, 6.45) is 0. The molecule has 0 aliphatic carbocycles. The standard InChI is InChI=1S/C15H15IN2O3S/c1-11(15(19)17-13-7-5-6-12(16)10-13)18-22(20,21)14-8-3-2-4-9-14/h2-11,18H,1H3,(H,17,19). The number of amides is 1. The predicted molar refractivity (Wildman–Crippen MR) is 94.0 cm³/mol. The van der Waals surface area contributed by atoms with Crippen molar-refractivity contribution in [2.24, 2.45) is 0 Å². The Balaban J connectivity index is 2.05. The first-order valence-electron chi connectivity index (χ1n) is 6.52. The molecule has 5 nitrogen and oxygen atoms in total. The highest BCUT2D eigenvalue weighted by Gasteiger charge is 2.21. The van der Waals surface area contributed by atoms with Gasteiger partial charge in [0.25, 0.3) is 0 Å². The van der Waals surface area contributed by atoms with Gasteiger partial charge >= 0.3 is 0 Å². The number of benzene rings is 2. The lowest BCUT2D eigenvalue weighted by Crippen LogP contribution is -2.41. The van der Waals surface area contributed by atoms with Crippen LogP contribution in [0.1, 0.15) is 6.92 Å². The summed E-state index contributed by atoms with van der Waals surface area (Å²) in [5.74, 6) is -0.415. The molecule has 1 amide bonds. The lowest BCUT2D eigenvalue weighted by atomic mass is 10.3. The summed E-state index contributed by atoms with van der Waals surface area (Å²) >= 11 is 2.14. The van der Waals surface area contributed by atoms with E-state index in [0.717, 1.165) is 3.57 Å². The third-order valence-corrected chi connectivity index (χ3v) is 5.10. The number of hydrogen-bond acceptors (Lipinski definition) is 3. The van der Waals surface area contributed by atoms with Gasteiger partial charge < -0.3 is 5.32 Å². The number of nitrogens with one attached hydrogen (secondary N) is 2. The second kappa shape index (κ2) is 7.21. The van der Waals surface area contributed by atoms with Crippen molar-refractivity contribution in [2.45, 2.75) is 17.9 Å². The Morgan fingerprint density at radius 1 is 1.09 bits per heavy atom. The Morgan fingerprint density at radius 2 is 1.77 bits per heavy atom. The molecule has 0 saturated carbocycles. The van der Waals surface area contributed by atoms with E-state index in [-0.39, 0.29) is 4.90 Å². The topological polar surface area (TPSA) is 75.3 Å². The third-order valence-electron chi connectivity index (χ3n) is 2.87. The maximum atomic E-state index is 12.2. The number of carbonyl (C=O) groups is 1. The van der Waals surface area contributed by atoms with Crippen molar-refractivity contribution < 1.29 is 13.2 Å². The molecular formula is C15H15IN2O3S. The molecule has 22 heavy (non-hydrogen) atoms. The minimum absolute atomic E-state index is 0.129. The van der Waals surface area contributed by atoms with E-state index >= 15 is 0 Å². The van der Waals surface area contributed by atoms with Crippen LogP contribution in [0.2, 0.25) is 0 Å². The molecule has 1 atom stereocenters. The van der Waals surface area contributed by atoms with Crippen molar-refractivity contribution >= 4 is 44.2 Å². The fraction of sp³-hybridized carbons (Fsp3) is 0.133. The highest BCUT2D eigenvalue weighted by Crippen LogP contribution is 2.13. The smallest absolute Gasteiger partial charge is 0.242 e. The molecule has 7 heteroatoms. The monoisotopic (exact) mass is 430 g/mol. The number of hydrogen-bond donors (Lipinski definition) is 2. The van der Waals surface area contributed by atoms with Gasteiger partial charge in [0.15, 0.2) is 0 Å². The molecule has 2 rings (SSSR count). The van der Waals surface area contributed by atoms with Crippen LogP contribution in [0.3, 0.4) is 0 Å². The summed E-state index contributed by atoms with van der Waals surface area (Å²) in [7, 11) is -3.72. The quantitative estimate of drug-likeness (QED) is 0.717. The van der Waals surface area contributed by atoms with Crippen LogP contribution in [0, 0.1) is 3.57 Å². The van der Waals surface area contributed by atoms with Gasteiger partial charge in [-0.1, -0.05) is 24.3 Å². The fourth-order valence-electron chi connectivity index (χ4n) is 1.77. The van der Waals surface area contributed by atoms with E-state index < -0.39 is 22.0 Å². The lowest BCUT2D eigenvalue weighted by Gasteiger charge is -2.14. The average Bonchev–Trinajstić information content (AvgIpc) is 2.47. The van der Waals surface area contributed by atoms with Crippen molar-refractivity contribution in [3.63, 3.8) is 0 Å². The van der Waals surface area contributed by atoms with Gasteiger partial charge in [-0.05, 0) is 59.8 Å². The first-order valence-corrected chi connectivity index (χ1v) is 9.08. The molecule has 0 radical (unpaired) electrons. The van der Waals surface area contributed by atoms with Gasteiger partial charge in [-0.3, -0.25) is 4.79 Å². The van der Waals surface area contributed by atoms with Crippen LogP contribution in [0.5, 0.6) is 0 Å². The average molecular weight is 430 g/mol. The summed E-state index contributed by atoms with van der Waals surface area (Å²) < 4.78 is 27.7. The number of anilines is 1. The highest BCUT2D eigenvalue weighted by molar-refractivity contribution is 14.1. The van der Waals surface area contributed by atoms with Crippen LogP contribution in [-0.2, 0) is 14.8 Å². The van der Waals surface area contributed by atoms with Gasteiger partial charge in [0.1, 0.15) is 0 Å². The first kappa shape index (κ1) is 16.9. The Bertz CT molecular complexity index is 763. The Morgan fingerprint density at radius 3 is 2.41 bits per heavy atom. The van der Waals surface area contributed by atoms with Gasteiger partial charge in [0.2, 0.25) is 15.9 Å². The molecule has 2 aromatic carbocycles. The van der Waals surface area contributed by atoms with Crippen molar-refractivity contribution in [2.75, 3.05) is 5.32 Å². The molecule has 0 aliphatic rings.